The van der Waals surface area contributed by atoms with E-state index in [9.17, 15) is 18.0 Å². The zero-order chi connectivity index (χ0) is 21.2. The first-order chi connectivity index (χ1) is 13.8. The number of carbonyl (C=O) groups excluding carboxylic acids is 2. The number of fused-ring (bicyclic) bond motifs is 1. The van der Waals surface area contributed by atoms with E-state index < -0.39 is 21.7 Å². The van der Waals surface area contributed by atoms with E-state index in [1.54, 1.807) is 48.9 Å². The zero-order valence-electron chi connectivity index (χ0n) is 16.2. The molecule has 3 aromatic rings. The highest BCUT2D eigenvalue weighted by atomic mass is 32.2. The lowest BCUT2D eigenvalue weighted by molar-refractivity contribution is 0.0526. The standard InChI is InChI=1S/C20H20N2O5S2/c1-4-27-19(24)13-10-11-15-16(12-13)28-20(22(15)3)21-18(23)14-8-6-7-9-17(14)29(25,26)5-2/h6-12H,4-5H2,1-3H3. The number of aromatic nitrogens is 1. The Morgan fingerprint density at radius 3 is 2.55 bits per heavy atom. The van der Waals surface area contributed by atoms with E-state index in [1.807, 2.05) is 0 Å². The molecule has 0 N–H and O–H groups in total. The van der Waals surface area contributed by atoms with Gasteiger partial charge in [-0.15, -0.1) is 0 Å². The minimum Gasteiger partial charge on any atom is -0.462 e. The molecule has 0 atom stereocenters. The van der Waals surface area contributed by atoms with Crippen molar-refractivity contribution >= 4 is 43.3 Å². The topological polar surface area (TPSA) is 94.8 Å². The number of esters is 1. The molecule has 2 aromatic carbocycles. The van der Waals surface area contributed by atoms with Gasteiger partial charge in [0.25, 0.3) is 5.91 Å². The third-order valence-corrected chi connectivity index (χ3v) is 7.23. The second-order valence-electron chi connectivity index (χ2n) is 6.16. The van der Waals surface area contributed by atoms with Gasteiger partial charge < -0.3 is 9.30 Å². The molecule has 0 aliphatic carbocycles. The average Bonchev–Trinajstić information content (AvgIpc) is 3.02. The van der Waals surface area contributed by atoms with Crippen molar-refractivity contribution in [3.8, 4) is 0 Å². The number of carbonyl (C=O) groups is 2. The van der Waals surface area contributed by atoms with Gasteiger partial charge >= 0.3 is 5.97 Å². The highest BCUT2D eigenvalue weighted by Gasteiger charge is 2.20. The summed E-state index contributed by atoms with van der Waals surface area (Å²) in [6.07, 6.45) is 0. The molecule has 152 valence electrons. The molecule has 1 aromatic heterocycles. The second kappa shape index (κ2) is 8.30. The van der Waals surface area contributed by atoms with E-state index >= 15 is 0 Å². The Kier molecular flexibility index (Phi) is 5.99. The SMILES string of the molecule is CCOC(=O)c1ccc2c(c1)sc(=NC(=O)c1ccccc1S(=O)(=O)CC)n2C. The molecule has 0 unspecified atom stereocenters. The molecule has 0 aliphatic heterocycles. The van der Waals surface area contributed by atoms with Gasteiger partial charge in [-0.2, -0.15) is 4.99 Å². The number of ether oxygens (including phenoxy) is 1. The summed E-state index contributed by atoms with van der Waals surface area (Å²) >= 11 is 1.23. The molecule has 0 saturated carbocycles. The molecule has 3 rings (SSSR count). The Morgan fingerprint density at radius 1 is 1.14 bits per heavy atom. The van der Waals surface area contributed by atoms with Crippen LogP contribution >= 0.6 is 11.3 Å². The van der Waals surface area contributed by atoms with Crippen LogP contribution in [0.15, 0.2) is 52.4 Å². The molecule has 0 radical (unpaired) electrons. The van der Waals surface area contributed by atoms with E-state index in [2.05, 4.69) is 4.99 Å². The molecule has 9 heteroatoms. The summed E-state index contributed by atoms with van der Waals surface area (Å²) in [5, 5.41) is 0. The van der Waals surface area contributed by atoms with Crippen molar-refractivity contribution < 1.29 is 22.7 Å². The number of hydrogen-bond acceptors (Lipinski definition) is 6. The van der Waals surface area contributed by atoms with Crippen molar-refractivity contribution in [2.75, 3.05) is 12.4 Å². The van der Waals surface area contributed by atoms with Crippen LogP contribution in [0.25, 0.3) is 10.2 Å². The Morgan fingerprint density at radius 2 is 1.86 bits per heavy atom. The number of aryl methyl sites for hydroxylation is 1. The summed E-state index contributed by atoms with van der Waals surface area (Å²) in [4.78, 5) is 29.2. The largest absolute Gasteiger partial charge is 0.462 e. The lowest BCUT2D eigenvalue weighted by Gasteiger charge is -2.05. The molecule has 0 spiro atoms. The van der Waals surface area contributed by atoms with Crippen molar-refractivity contribution in [3.05, 3.63) is 58.4 Å². The lowest BCUT2D eigenvalue weighted by Crippen LogP contribution is -2.15. The maximum absolute atomic E-state index is 12.8. The Hall–Kier alpha value is -2.78. The van der Waals surface area contributed by atoms with E-state index in [1.165, 1.54) is 30.4 Å². The monoisotopic (exact) mass is 432 g/mol. The fourth-order valence-electron chi connectivity index (χ4n) is 2.80. The molecule has 0 aliphatic rings. The first kappa shape index (κ1) is 20.9. The zero-order valence-corrected chi connectivity index (χ0v) is 17.8. The van der Waals surface area contributed by atoms with Gasteiger partial charge in [0.1, 0.15) is 0 Å². The highest BCUT2D eigenvalue weighted by molar-refractivity contribution is 7.91. The third-order valence-electron chi connectivity index (χ3n) is 4.35. The lowest BCUT2D eigenvalue weighted by atomic mass is 10.2. The highest BCUT2D eigenvalue weighted by Crippen LogP contribution is 2.20. The van der Waals surface area contributed by atoms with Gasteiger partial charge in [0, 0.05) is 7.05 Å². The summed E-state index contributed by atoms with van der Waals surface area (Å²) in [5.41, 5.74) is 1.25. The number of amides is 1. The van der Waals surface area contributed by atoms with Crippen LogP contribution in [0.4, 0.5) is 0 Å². The van der Waals surface area contributed by atoms with Crippen LogP contribution in [0.2, 0.25) is 0 Å². The van der Waals surface area contributed by atoms with Crippen LogP contribution < -0.4 is 4.80 Å². The predicted molar refractivity (Wildman–Crippen MR) is 111 cm³/mol. The summed E-state index contributed by atoms with van der Waals surface area (Å²) in [6.45, 7) is 3.55. The van der Waals surface area contributed by atoms with Crippen molar-refractivity contribution in [1.82, 2.24) is 4.57 Å². The summed E-state index contributed by atoms with van der Waals surface area (Å²) in [6, 6.07) is 11.2. The summed E-state index contributed by atoms with van der Waals surface area (Å²) < 4.78 is 32.1. The fourth-order valence-corrected chi connectivity index (χ4v) is 4.94. The molecule has 7 nitrogen and oxygen atoms in total. The van der Waals surface area contributed by atoms with Crippen LogP contribution in [-0.2, 0) is 21.6 Å². The van der Waals surface area contributed by atoms with Crippen molar-refractivity contribution in [2.24, 2.45) is 12.0 Å². The molecule has 29 heavy (non-hydrogen) atoms. The molecule has 1 amide bonds. The minimum absolute atomic E-state index is 0.0235. The number of sulfone groups is 1. The Labute approximate surface area is 172 Å². The van der Waals surface area contributed by atoms with E-state index in [0.29, 0.717) is 10.4 Å². The van der Waals surface area contributed by atoms with Gasteiger partial charge in [0.15, 0.2) is 14.6 Å². The van der Waals surface area contributed by atoms with Gasteiger partial charge in [-0.3, -0.25) is 4.79 Å². The smallest absolute Gasteiger partial charge is 0.338 e. The van der Waals surface area contributed by atoms with Gasteiger partial charge in [-0.05, 0) is 37.3 Å². The van der Waals surface area contributed by atoms with E-state index in [0.717, 1.165) is 10.2 Å². The van der Waals surface area contributed by atoms with E-state index in [-0.39, 0.29) is 22.8 Å². The average molecular weight is 433 g/mol. The van der Waals surface area contributed by atoms with Crippen LogP contribution in [0.1, 0.15) is 34.6 Å². The molecule has 0 fully saturated rings. The quantitative estimate of drug-likeness (QED) is 0.578. The van der Waals surface area contributed by atoms with Crippen molar-refractivity contribution in [2.45, 2.75) is 18.7 Å². The number of rotatable bonds is 5. The molecule has 1 heterocycles. The maximum atomic E-state index is 12.8. The number of hydrogen-bond donors (Lipinski definition) is 0. The van der Waals surface area contributed by atoms with Crippen LogP contribution in [0.5, 0.6) is 0 Å². The Bertz CT molecular complexity index is 1270. The maximum Gasteiger partial charge on any atom is 0.338 e. The Balaban J connectivity index is 2.09. The van der Waals surface area contributed by atoms with Gasteiger partial charge in [-0.25, -0.2) is 13.2 Å². The van der Waals surface area contributed by atoms with Gasteiger partial charge in [-0.1, -0.05) is 30.4 Å². The summed E-state index contributed by atoms with van der Waals surface area (Å²) in [5.74, 6) is -1.16. The van der Waals surface area contributed by atoms with Gasteiger partial charge in [0.2, 0.25) is 0 Å². The van der Waals surface area contributed by atoms with Crippen molar-refractivity contribution in [1.29, 1.82) is 0 Å². The molecular formula is C20H20N2O5S2. The third kappa shape index (κ3) is 4.15. The number of nitrogens with zero attached hydrogens (tertiary/aromatic N) is 2. The first-order valence-electron chi connectivity index (χ1n) is 8.96. The predicted octanol–water partition coefficient (Wildman–Crippen LogP) is 2.95. The van der Waals surface area contributed by atoms with E-state index in [4.69, 9.17) is 4.74 Å². The minimum atomic E-state index is -3.56. The number of benzene rings is 2. The molecular weight excluding hydrogens is 412 g/mol. The fraction of sp³-hybridized carbons (Fsp3) is 0.250. The van der Waals surface area contributed by atoms with Crippen LogP contribution in [-0.4, -0.2) is 37.2 Å². The van der Waals surface area contributed by atoms with Crippen LogP contribution in [0.3, 0.4) is 0 Å². The van der Waals surface area contributed by atoms with Crippen LogP contribution in [0, 0.1) is 0 Å². The summed E-state index contributed by atoms with van der Waals surface area (Å²) in [7, 11) is -1.80. The molecule has 0 bridgehead atoms. The first-order valence-corrected chi connectivity index (χ1v) is 11.4. The molecule has 0 saturated heterocycles. The van der Waals surface area contributed by atoms with Crippen molar-refractivity contribution in [3.63, 3.8) is 0 Å². The normalized spacial score (nSPS) is 12.3. The second-order valence-corrected chi connectivity index (χ2v) is 9.42. The van der Waals surface area contributed by atoms with Gasteiger partial charge in [0.05, 0.1) is 38.6 Å². The number of thiazole rings is 1.